The molecule has 3 aromatic rings. The SMILES string of the molecule is Cc1cnc(Nc2ccc(N3CC[C@@H](N(C)C)C3)cc2OC(F)F)nc1Nc1ccsc1C(N)=O. The topological polar surface area (TPSA) is 109 Å². The van der Waals surface area contributed by atoms with Crippen molar-refractivity contribution in [2.75, 3.05) is 42.7 Å². The number of likely N-dealkylation sites (N-methyl/N-ethyl adjacent to an activating group) is 1. The second-order valence-electron chi connectivity index (χ2n) is 8.41. The highest BCUT2D eigenvalue weighted by atomic mass is 32.1. The van der Waals surface area contributed by atoms with Crippen molar-refractivity contribution in [2.45, 2.75) is 26.0 Å². The van der Waals surface area contributed by atoms with Gasteiger partial charge in [0.2, 0.25) is 5.95 Å². The number of aromatic nitrogens is 2. The number of anilines is 5. The lowest BCUT2D eigenvalue weighted by Gasteiger charge is -2.23. The summed E-state index contributed by atoms with van der Waals surface area (Å²) in [5.74, 6) is 0.0764. The smallest absolute Gasteiger partial charge is 0.387 e. The first-order chi connectivity index (χ1) is 16.7. The van der Waals surface area contributed by atoms with Gasteiger partial charge in [0.05, 0.1) is 11.4 Å². The summed E-state index contributed by atoms with van der Waals surface area (Å²) in [5, 5.41) is 7.81. The first-order valence-electron chi connectivity index (χ1n) is 11.0. The standard InChI is InChI=1S/C23H27F2N7O2S/c1-13-11-27-23(30-21(13)28-17-7-9-35-19(17)20(26)33)29-16-5-4-14(10-18(16)34-22(24)25)32-8-6-15(12-32)31(2)3/h4-5,7,9-11,15,22H,6,8,12H2,1-3H3,(H2,26,33)(H2,27,28,29,30)/t15-/m1/s1. The number of ether oxygens (including phenoxy) is 1. The highest BCUT2D eigenvalue weighted by molar-refractivity contribution is 7.12. The Morgan fingerprint density at radius 2 is 2.09 bits per heavy atom. The number of primary amides is 1. The van der Waals surface area contributed by atoms with Crippen molar-refractivity contribution in [1.82, 2.24) is 14.9 Å². The zero-order valence-corrected chi connectivity index (χ0v) is 20.4. The number of hydrogen-bond donors (Lipinski definition) is 3. The molecular formula is C23H27F2N7O2S. The van der Waals surface area contributed by atoms with E-state index >= 15 is 0 Å². The predicted molar refractivity (Wildman–Crippen MR) is 134 cm³/mol. The van der Waals surface area contributed by atoms with E-state index in [1.165, 1.54) is 11.3 Å². The minimum absolute atomic E-state index is 0.00154. The summed E-state index contributed by atoms with van der Waals surface area (Å²) in [5.41, 5.74) is 7.79. The van der Waals surface area contributed by atoms with Gasteiger partial charge in [0.25, 0.3) is 5.91 Å². The fourth-order valence-electron chi connectivity index (χ4n) is 3.88. The quantitative estimate of drug-likeness (QED) is 0.399. The molecule has 0 spiro atoms. The highest BCUT2D eigenvalue weighted by Crippen LogP contribution is 2.35. The summed E-state index contributed by atoms with van der Waals surface area (Å²) in [7, 11) is 4.06. The van der Waals surface area contributed by atoms with Gasteiger partial charge >= 0.3 is 6.61 Å². The van der Waals surface area contributed by atoms with Crippen molar-refractivity contribution < 1.29 is 18.3 Å². The maximum atomic E-state index is 13.2. The van der Waals surface area contributed by atoms with Gasteiger partial charge in [-0.2, -0.15) is 13.8 Å². The molecule has 186 valence electrons. The van der Waals surface area contributed by atoms with E-state index in [1.807, 2.05) is 20.2 Å². The molecule has 9 nitrogen and oxygen atoms in total. The molecule has 0 aliphatic carbocycles. The third-order valence-electron chi connectivity index (χ3n) is 5.80. The van der Waals surface area contributed by atoms with Crippen LogP contribution in [0.25, 0.3) is 0 Å². The van der Waals surface area contributed by atoms with Crippen LogP contribution in [0.15, 0.2) is 35.8 Å². The van der Waals surface area contributed by atoms with E-state index in [-0.39, 0.29) is 11.7 Å². The normalized spacial score (nSPS) is 15.6. The van der Waals surface area contributed by atoms with Gasteiger partial charge < -0.3 is 30.9 Å². The lowest BCUT2D eigenvalue weighted by molar-refractivity contribution is -0.0493. The molecule has 0 unspecified atom stereocenters. The van der Waals surface area contributed by atoms with E-state index in [1.54, 1.807) is 36.7 Å². The molecule has 2 aromatic heterocycles. The molecule has 0 saturated carbocycles. The summed E-state index contributed by atoms with van der Waals surface area (Å²) >= 11 is 1.22. The zero-order valence-electron chi connectivity index (χ0n) is 19.6. The molecule has 1 aromatic carbocycles. The molecular weight excluding hydrogens is 476 g/mol. The van der Waals surface area contributed by atoms with Crippen LogP contribution in [0.5, 0.6) is 5.75 Å². The molecule has 0 bridgehead atoms. The van der Waals surface area contributed by atoms with Gasteiger partial charge in [-0.3, -0.25) is 4.79 Å². The predicted octanol–water partition coefficient (Wildman–Crippen LogP) is 4.17. The number of carbonyl (C=O) groups is 1. The number of thiophene rings is 1. The van der Waals surface area contributed by atoms with Gasteiger partial charge in [-0.1, -0.05) is 0 Å². The van der Waals surface area contributed by atoms with Crippen LogP contribution in [-0.2, 0) is 0 Å². The molecule has 1 aliphatic heterocycles. The molecule has 1 atom stereocenters. The number of carbonyl (C=O) groups excluding carboxylic acids is 1. The number of benzene rings is 1. The molecule has 35 heavy (non-hydrogen) atoms. The van der Waals surface area contributed by atoms with E-state index in [9.17, 15) is 13.6 Å². The van der Waals surface area contributed by atoms with Crippen LogP contribution in [-0.4, -0.2) is 60.6 Å². The number of nitrogens with zero attached hydrogens (tertiary/aromatic N) is 4. The maximum Gasteiger partial charge on any atom is 0.387 e. The monoisotopic (exact) mass is 503 g/mol. The van der Waals surface area contributed by atoms with Gasteiger partial charge in [-0.15, -0.1) is 11.3 Å². The summed E-state index contributed by atoms with van der Waals surface area (Å²) in [6.07, 6.45) is 2.58. The number of aryl methyl sites for hydroxylation is 1. The van der Waals surface area contributed by atoms with Crippen molar-refractivity contribution in [2.24, 2.45) is 5.73 Å². The number of nitrogens with one attached hydrogen (secondary N) is 2. The fourth-order valence-corrected chi connectivity index (χ4v) is 4.58. The molecule has 4 N–H and O–H groups in total. The summed E-state index contributed by atoms with van der Waals surface area (Å²) < 4.78 is 31.2. The van der Waals surface area contributed by atoms with E-state index in [0.29, 0.717) is 28.1 Å². The molecule has 0 radical (unpaired) electrons. The van der Waals surface area contributed by atoms with Crippen LogP contribution >= 0.6 is 11.3 Å². The largest absolute Gasteiger partial charge is 0.433 e. The van der Waals surface area contributed by atoms with Crippen LogP contribution in [0.2, 0.25) is 0 Å². The van der Waals surface area contributed by atoms with E-state index < -0.39 is 12.5 Å². The van der Waals surface area contributed by atoms with Gasteiger partial charge in [-0.05, 0) is 51.0 Å². The average Bonchev–Trinajstić information content (AvgIpc) is 3.47. The molecule has 1 fully saturated rings. The summed E-state index contributed by atoms with van der Waals surface area (Å²) in [6, 6.07) is 7.26. The molecule has 12 heteroatoms. The number of halogens is 2. The Bertz CT molecular complexity index is 1200. The first-order valence-corrected chi connectivity index (χ1v) is 11.8. The van der Waals surface area contributed by atoms with Crippen LogP contribution in [0.1, 0.15) is 21.7 Å². The number of alkyl halides is 2. The summed E-state index contributed by atoms with van der Waals surface area (Å²) in [6.45, 7) is 0.454. The lowest BCUT2D eigenvalue weighted by atomic mass is 10.2. The van der Waals surface area contributed by atoms with Gasteiger partial charge in [0.1, 0.15) is 10.7 Å². The number of hydrogen-bond acceptors (Lipinski definition) is 9. The van der Waals surface area contributed by atoms with Gasteiger partial charge in [0.15, 0.2) is 5.75 Å². The van der Waals surface area contributed by atoms with Crippen LogP contribution in [0.4, 0.5) is 37.6 Å². The molecule has 3 heterocycles. The molecule has 1 aliphatic rings. The van der Waals surface area contributed by atoms with E-state index in [0.717, 1.165) is 30.8 Å². The van der Waals surface area contributed by atoms with Gasteiger partial charge in [0, 0.05) is 42.6 Å². The second-order valence-corrected chi connectivity index (χ2v) is 9.33. The maximum absolute atomic E-state index is 13.2. The van der Waals surface area contributed by atoms with E-state index in [2.05, 4.69) is 30.4 Å². The third-order valence-corrected chi connectivity index (χ3v) is 6.73. The molecule has 1 amide bonds. The van der Waals surface area contributed by atoms with Crippen LogP contribution < -0.4 is 26.0 Å². The first kappa shape index (κ1) is 24.6. The zero-order chi connectivity index (χ0) is 25.1. The third kappa shape index (κ3) is 5.77. The Morgan fingerprint density at radius 3 is 2.77 bits per heavy atom. The van der Waals surface area contributed by atoms with Crippen molar-refractivity contribution in [3.8, 4) is 5.75 Å². The van der Waals surface area contributed by atoms with E-state index in [4.69, 9.17) is 10.5 Å². The Hall–Kier alpha value is -3.51. The second kappa shape index (κ2) is 10.4. The number of amides is 1. The fraction of sp³-hybridized carbons (Fsp3) is 0.348. The van der Waals surface area contributed by atoms with Crippen molar-refractivity contribution in [3.63, 3.8) is 0 Å². The molecule has 4 rings (SSSR count). The highest BCUT2D eigenvalue weighted by Gasteiger charge is 2.25. The number of nitrogens with two attached hydrogens (primary N) is 1. The van der Waals surface area contributed by atoms with Gasteiger partial charge in [-0.25, -0.2) is 4.98 Å². The van der Waals surface area contributed by atoms with Crippen LogP contribution in [0, 0.1) is 6.92 Å². The van der Waals surface area contributed by atoms with Crippen molar-refractivity contribution in [1.29, 1.82) is 0 Å². The summed E-state index contributed by atoms with van der Waals surface area (Å²) in [4.78, 5) is 25.0. The Labute approximate surface area is 205 Å². The van der Waals surface area contributed by atoms with Crippen molar-refractivity contribution in [3.05, 3.63) is 46.3 Å². The Morgan fingerprint density at radius 1 is 1.29 bits per heavy atom. The minimum atomic E-state index is -2.99. The number of rotatable bonds is 9. The Kier molecular flexibility index (Phi) is 7.31. The lowest BCUT2D eigenvalue weighted by Crippen LogP contribution is -2.31. The molecule has 1 saturated heterocycles. The van der Waals surface area contributed by atoms with Crippen LogP contribution in [0.3, 0.4) is 0 Å². The minimum Gasteiger partial charge on any atom is -0.433 e. The van der Waals surface area contributed by atoms with Crippen molar-refractivity contribution >= 4 is 46.1 Å². The Balaban J connectivity index is 1.57. The average molecular weight is 504 g/mol.